The first-order chi connectivity index (χ1) is 15.4. The standard InChI is InChI=1S/C25H39N5O2/c1-5-6-7-8-9-10-12-30-23(31)21-22(27(4)25(30)32)26-24-28(13-11-14-29(21)24)20-16-18(2)15-19(3)17-20/h15-17,21-22,24,26H,5-14H2,1-4H3. The predicted octanol–water partition coefficient (Wildman–Crippen LogP) is 3.65. The van der Waals surface area contributed by atoms with Gasteiger partial charge in [-0.3, -0.25) is 19.9 Å². The van der Waals surface area contributed by atoms with Gasteiger partial charge < -0.3 is 9.80 Å². The number of hydrogen-bond acceptors (Lipinski definition) is 5. The predicted molar refractivity (Wildman–Crippen MR) is 127 cm³/mol. The molecule has 1 aromatic carbocycles. The fourth-order valence-corrected chi connectivity index (χ4v) is 5.56. The van der Waals surface area contributed by atoms with Crippen molar-refractivity contribution in [3.63, 3.8) is 0 Å². The monoisotopic (exact) mass is 441 g/mol. The molecule has 1 N–H and O–H groups in total. The summed E-state index contributed by atoms with van der Waals surface area (Å²) in [6.45, 7) is 8.77. The van der Waals surface area contributed by atoms with Crippen LogP contribution in [0, 0.1) is 13.8 Å². The minimum absolute atomic E-state index is 0.0380. The van der Waals surface area contributed by atoms with Crippen molar-refractivity contribution in [2.24, 2.45) is 0 Å². The second-order valence-corrected chi connectivity index (χ2v) is 9.71. The van der Waals surface area contributed by atoms with E-state index >= 15 is 0 Å². The van der Waals surface area contributed by atoms with Crippen molar-refractivity contribution in [2.75, 3.05) is 31.6 Å². The molecule has 3 fully saturated rings. The van der Waals surface area contributed by atoms with Gasteiger partial charge in [-0.15, -0.1) is 0 Å². The maximum Gasteiger partial charge on any atom is 0.327 e. The molecular weight excluding hydrogens is 402 g/mol. The number of fused-ring (bicyclic) bond motifs is 3. The molecule has 3 unspecified atom stereocenters. The molecule has 7 heteroatoms. The number of carbonyl (C=O) groups is 2. The summed E-state index contributed by atoms with van der Waals surface area (Å²) in [6.07, 6.45) is 7.48. The number of amides is 3. The summed E-state index contributed by atoms with van der Waals surface area (Å²) in [7, 11) is 1.83. The van der Waals surface area contributed by atoms with Crippen LogP contribution >= 0.6 is 0 Å². The molecule has 7 nitrogen and oxygen atoms in total. The average Bonchev–Trinajstić information content (AvgIpc) is 3.16. The largest absolute Gasteiger partial charge is 0.343 e. The van der Waals surface area contributed by atoms with Gasteiger partial charge in [-0.05, 0) is 49.9 Å². The lowest BCUT2D eigenvalue weighted by Gasteiger charge is -2.44. The highest BCUT2D eigenvalue weighted by atomic mass is 16.2. The Bertz CT molecular complexity index is 823. The number of unbranched alkanes of at least 4 members (excludes halogenated alkanes) is 5. The average molecular weight is 442 g/mol. The molecule has 32 heavy (non-hydrogen) atoms. The summed E-state index contributed by atoms with van der Waals surface area (Å²) in [5, 5.41) is 3.61. The van der Waals surface area contributed by atoms with Crippen molar-refractivity contribution in [1.82, 2.24) is 20.0 Å². The van der Waals surface area contributed by atoms with Crippen LogP contribution in [0.4, 0.5) is 10.5 Å². The van der Waals surface area contributed by atoms with Crippen LogP contribution in [-0.2, 0) is 4.79 Å². The summed E-state index contributed by atoms with van der Waals surface area (Å²) in [5.41, 5.74) is 3.65. The fraction of sp³-hybridized carbons (Fsp3) is 0.680. The zero-order chi connectivity index (χ0) is 22.8. The third kappa shape index (κ3) is 4.37. The third-order valence-electron chi connectivity index (χ3n) is 7.14. The maximum absolute atomic E-state index is 13.5. The lowest BCUT2D eigenvalue weighted by molar-refractivity contribution is -0.138. The normalized spacial score (nSPS) is 26.0. The number of imide groups is 1. The van der Waals surface area contributed by atoms with Crippen molar-refractivity contribution in [2.45, 2.75) is 84.2 Å². The van der Waals surface area contributed by atoms with E-state index in [0.717, 1.165) is 32.4 Å². The summed E-state index contributed by atoms with van der Waals surface area (Å²) < 4.78 is 0. The lowest BCUT2D eigenvalue weighted by Crippen LogP contribution is -2.66. The number of hydrogen-bond donors (Lipinski definition) is 1. The Morgan fingerprint density at radius 2 is 1.66 bits per heavy atom. The highest BCUT2D eigenvalue weighted by Gasteiger charge is 2.55. The number of benzene rings is 1. The van der Waals surface area contributed by atoms with Crippen molar-refractivity contribution in [3.8, 4) is 0 Å². The zero-order valence-electron chi connectivity index (χ0n) is 20.1. The molecule has 1 aromatic rings. The van der Waals surface area contributed by atoms with Crippen molar-refractivity contribution in [1.29, 1.82) is 0 Å². The SMILES string of the molecule is CCCCCCCCN1C(=O)C2C(NC3N(c4cc(C)cc(C)c4)CCCN23)N(C)C1=O. The maximum atomic E-state index is 13.5. The van der Waals surface area contributed by atoms with Crippen LogP contribution in [0.1, 0.15) is 63.0 Å². The topological polar surface area (TPSA) is 59.1 Å². The Hall–Kier alpha value is -2.12. The Balaban J connectivity index is 1.49. The molecule has 3 saturated heterocycles. The van der Waals surface area contributed by atoms with Crippen LogP contribution in [0.15, 0.2) is 18.2 Å². The number of nitrogens with zero attached hydrogens (tertiary/aromatic N) is 4. The first-order valence-corrected chi connectivity index (χ1v) is 12.4. The van der Waals surface area contributed by atoms with E-state index in [-0.39, 0.29) is 30.4 Å². The summed E-state index contributed by atoms with van der Waals surface area (Å²) in [5.74, 6) is -0.0380. The second-order valence-electron chi connectivity index (χ2n) is 9.71. The first-order valence-electron chi connectivity index (χ1n) is 12.4. The smallest absolute Gasteiger partial charge is 0.327 e. The minimum Gasteiger partial charge on any atom is -0.343 e. The highest BCUT2D eigenvalue weighted by molar-refractivity contribution is 6.00. The minimum atomic E-state index is -0.323. The molecule has 3 aliphatic heterocycles. The van der Waals surface area contributed by atoms with E-state index in [1.807, 2.05) is 7.05 Å². The van der Waals surface area contributed by atoms with Crippen LogP contribution in [-0.4, -0.2) is 71.8 Å². The number of aryl methyl sites for hydroxylation is 2. The van der Waals surface area contributed by atoms with E-state index in [1.54, 1.807) is 4.90 Å². The first kappa shape index (κ1) is 23.1. The van der Waals surface area contributed by atoms with Gasteiger partial charge in [0.25, 0.3) is 5.91 Å². The summed E-state index contributed by atoms with van der Waals surface area (Å²) >= 11 is 0. The van der Waals surface area contributed by atoms with E-state index in [2.05, 4.69) is 54.1 Å². The molecule has 3 heterocycles. The van der Waals surface area contributed by atoms with Gasteiger partial charge in [-0.1, -0.05) is 45.1 Å². The van der Waals surface area contributed by atoms with Gasteiger partial charge >= 0.3 is 6.03 Å². The molecule has 3 amide bonds. The molecule has 0 bridgehead atoms. The molecule has 0 saturated carbocycles. The quantitative estimate of drug-likeness (QED) is 0.624. The van der Waals surface area contributed by atoms with Crippen LogP contribution < -0.4 is 10.2 Å². The van der Waals surface area contributed by atoms with Crippen LogP contribution in [0.3, 0.4) is 0 Å². The highest BCUT2D eigenvalue weighted by Crippen LogP contribution is 2.33. The lowest BCUT2D eigenvalue weighted by atomic mass is 10.1. The van der Waals surface area contributed by atoms with E-state index in [1.165, 1.54) is 47.4 Å². The van der Waals surface area contributed by atoms with E-state index in [4.69, 9.17) is 0 Å². The van der Waals surface area contributed by atoms with Crippen LogP contribution in [0.2, 0.25) is 0 Å². The van der Waals surface area contributed by atoms with Crippen molar-refractivity contribution in [3.05, 3.63) is 29.3 Å². The Morgan fingerprint density at radius 3 is 2.38 bits per heavy atom. The Kier molecular flexibility index (Phi) is 7.05. The van der Waals surface area contributed by atoms with E-state index in [9.17, 15) is 9.59 Å². The second kappa shape index (κ2) is 9.79. The molecule has 4 rings (SSSR count). The van der Waals surface area contributed by atoms with Crippen molar-refractivity contribution < 1.29 is 9.59 Å². The molecule has 0 aromatic heterocycles. The van der Waals surface area contributed by atoms with Gasteiger partial charge in [0.15, 0.2) is 0 Å². The van der Waals surface area contributed by atoms with Gasteiger partial charge in [0.2, 0.25) is 0 Å². The van der Waals surface area contributed by atoms with Gasteiger partial charge in [-0.25, -0.2) is 4.79 Å². The molecule has 0 radical (unpaired) electrons. The molecule has 0 aliphatic carbocycles. The molecule has 176 valence electrons. The van der Waals surface area contributed by atoms with Crippen molar-refractivity contribution >= 4 is 17.6 Å². The van der Waals surface area contributed by atoms with E-state index in [0.29, 0.717) is 6.54 Å². The number of nitrogens with one attached hydrogen (secondary N) is 1. The summed E-state index contributed by atoms with van der Waals surface area (Å²) in [4.78, 5) is 34.4. The number of anilines is 1. The van der Waals surface area contributed by atoms with E-state index < -0.39 is 0 Å². The fourth-order valence-electron chi connectivity index (χ4n) is 5.56. The zero-order valence-corrected chi connectivity index (χ0v) is 20.1. The van der Waals surface area contributed by atoms with Gasteiger partial charge in [-0.2, -0.15) is 0 Å². The third-order valence-corrected chi connectivity index (χ3v) is 7.14. The molecule has 0 spiro atoms. The number of urea groups is 1. The number of likely N-dealkylation sites (N-methyl/N-ethyl adjacent to an activating group) is 1. The van der Waals surface area contributed by atoms with Gasteiger partial charge in [0.1, 0.15) is 18.5 Å². The van der Waals surface area contributed by atoms with Crippen LogP contribution in [0.5, 0.6) is 0 Å². The molecular formula is C25H39N5O2. The summed E-state index contributed by atoms with van der Waals surface area (Å²) in [6, 6.07) is 6.11. The number of rotatable bonds is 8. The molecule has 3 atom stereocenters. The Labute approximate surface area is 192 Å². The van der Waals surface area contributed by atoms with Gasteiger partial charge in [0.05, 0.1) is 0 Å². The number of carbonyl (C=O) groups excluding carboxylic acids is 2. The van der Waals surface area contributed by atoms with Crippen LogP contribution in [0.25, 0.3) is 0 Å². The Morgan fingerprint density at radius 1 is 0.969 bits per heavy atom. The van der Waals surface area contributed by atoms with Gasteiger partial charge in [0, 0.05) is 32.4 Å². The molecule has 3 aliphatic rings.